The summed E-state index contributed by atoms with van der Waals surface area (Å²) in [7, 11) is -4.02. The van der Waals surface area contributed by atoms with Gasteiger partial charge in [0.15, 0.2) is 0 Å². The molecule has 0 radical (unpaired) electrons. The highest BCUT2D eigenvalue weighted by Gasteiger charge is 2.40. The first-order chi connectivity index (χ1) is 13.7. The lowest BCUT2D eigenvalue weighted by atomic mass is 10.1. The van der Waals surface area contributed by atoms with Crippen LogP contribution in [0.5, 0.6) is 11.5 Å². The quantitative estimate of drug-likeness (QED) is 0.399. The van der Waals surface area contributed by atoms with Gasteiger partial charge in [-0.05, 0) is 35.0 Å². The Balaban J connectivity index is 1.78. The summed E-state index contributed by atoms with van der Waals surface area (Å²) in [4.78, 5) is 0. The van der Waals surface area contributed by atoms with Crippen LogP contribution < -0.4 is 9.05 Å². The van der Waals surface area contributed by atoms with Crippen molar-refractivity contribution in [3.63, 3.8) is 0 Å². The SMILES string of the molecule is O=P(Oc1ccccc1)(Oc1ccccc1)C(O)c1cccc2ccccc12. The minimum atomic E-state index is -4.02. The molecule has 0 heterocycles. The molecule has 4 aromatic carbocycles. The van der Waals surface area contributed by atoms with Crippen molar-refractivity contribution in [1.82, 2.24) is 0 Å². The van der Waals surface area contributed by atoms with Crippen LogP contribution in [0.3, 0.4) is 0 Å². The molecule has 1 unspecified atom stereocenters. The maximum atomic E-state index is 13.8. The molecule has 0 amide bonds. The normalized spacial score (nSPS) is 12.5. The molecule has 28 heavy (non-hydrogen) atoms. The van der Waals surface area contributed by atoms with Gasteiger partial charge in [-0.15, -0.1) is 0 Å². The third-order valence-corrected chi connectivity index (χ3v) is 6.16. The summed E-state index contributed by atoms with van der Waals surface area (Å²) in [6, 6.07) is 30.5. The molecule has 0 saturated heterocycles. The Hall–Kier alpha value is -3.07. The van der Waals surface area contributed by atoms with E-state index in [0.29, 0.717) is 17.1 Å². The van der Waals surface area contributed by atoms with E-state index in [1.54, 1.807) is 54.6 Å². The summed E-state index contributed by atoms with van der Waals surface area (Å²) in [5, 5.41) is 12.9. The van der Waals surface area contributed by atoms with E-state index in [0.717, 1.165) is 10.8 Å². The number of aliphatic hydroxyl groups excluding tert-OH is 1. The van der Waals surface area contributed by atoms with Gasteiger partial charge in [0.05, 0.1) is 0 Å². The highest BCUT2D eigenvalue weighted by Crippen LogP contribution is 2.59. The van der Waals surface area contributed by atoms with E-state index in [1.807, 2.05) is 48.5 Å². The van der Waals surface area contributed by atoms with Gasteiger partial charge in [0.25, 0.3) is 0 Å². The molecule has 0 aliphatic heterocycles. The fourth-order valence-electron chi connectivity index (χ4n) is 3.02. The summed E-state index contributed by atoms with van der Waals surface area (Å²) in [5.41, 5.74) is 0.494. The van der Waals surface area contributed by atoms with E-state index in [1.165, 1.54) is 0 Å². The molecule has 5 heteroatoms. The van der Waals surface area contributed by atoms with Crippen molar-refractivity contribution >= 4 is 18.4 Å². The van der Waals surface area contributed by atoms with Gasteiger partial charge in [0.1, 0.15) is 11.5 Å². The van der Waals surface area contributed by atoms with E-state index in [2.05, 4.69) is 0 Å². The molecule has 4 aromatic rings. The molecule has 0 saturated carbocycles. The standard InChI is InChI=1S/C23H19O4P/c24-23(22-17-9-11-18-10-7-8-16-21(18)22)28(25,26-19-12-3-1-4-13-19)27-20-14-5-2-6-15-20/h1-17,23-24H. The number of hydrogen-bond donors (Lipinski definition) is 1. The zero-order chi connectivity index (χ0) is 19.4. The van der Waals surface area contributed by atoms with E-state index in [4.69, 9.17) is 9.05 Å². The monoisotopic (exact) mass is 390 g/mol. The van der Waals surface area contributed by atoms with Gasteiger partial charge in [0, 0.05) is 5.56 Å². The fraction of sp³-hybridized carbons (Fsp3) is 0.0435. The predicted molar refractivity (Wildman–Crippen MR) is 111 cm³/mol. The van der Waals surface area contributed by atoms with Crippen LogP contribution in [0.1, 0.15) is 11.4 Å². The first kappa shape index (κ1) is 18.3. The van der Waals surface area contributed by atoms with E-state index >= 15 is 0 Å². The highest BCUT2D eigenvalue weighted by molar-refractivity contribution is 7.54. The van der Waals surface area contributed by atoms with Crippen molar-refractivity contribution in [1.29, 1.82) is 0 Å². The van der Waals surface area contributed by atoms with Crippen molar-refractivity contribution in [2.45, 2.75) is 5.85 Å². The lowest BCUT2D eigenvalue weighted by molar-refractivity contribution is 0.213. The predicted octanol–water partition coefficient (Wildman–Crippen LogP) is 6.18. The van der Waals surface area contributed by atoms with Crippen LogP contribution in [-0.2, 0) is 4.57 Å². The van der Waals surface area contributed by atoms with Crippen molar-refractivity contribution < 1.29 is 18.7 Å². The van der Waals surface area contributed by atoms with E-state index in [9.17, 15) is 9.67 Å². The number of fused-ring (bicyclic) bond motifs is 1. The second kappa shape index (κ2) is 7.89. The van der Waals surface area contributed by atoms with Gasteiger partial charge in [-0.1, -0.05) is 78.9 Å². The lowest BCUT2D eigenvalue weighted by Crippen LogP contribution is -2.11. The Morgan fingerprint density at radius 1 is 0.643 bits per heavy atom. The Bertz CT molecular complexity index is 1060. The van der Waals surface area contributed by atoms with Crippen LogP contribution in [-0.4, -0.2) is 5.11 Å². The zero-order valence-corrected chi connectivity index (χ0v) is 15.9. The topological polar surface area (TPSA) is 55.8 Å². The summed E-state index contributed by atoms with van der Waals surface area (Å²) in [6.07, 6.45) is 0. The summed E-state index contributed by atoms with van der Waals surface area (Å²) in [6.45, 7) is 0. The molecule has 1 atom stereocenters. The molecule has 0 aliphatic rings. The van der Waals surface area contributed by atoms with Gasteiger partial charge in [0.2, 0.25) is 5.85 Å². The minimum absolute atomic E-state index is 0.362. The van der Waals surface area contributed by atoms with Gasteiger partial charge in [-0.2, -0.15) is 0 Å². The number of para-hydroxylation sites is 2. The summed E-state index contributed by atoms with van der Waals surface area (Å²) in [5.74, 6) is -0.735. The van der Waals surface area contributed by atoms with Crippen molar-refractivity contribution in [2.24, 2.45) is 0 Å². The largest absolute Gasteiger partial charge is 0.463 e. The van der Waals surface area contributed by atoms with Gasteiger partial charge < -0.3 is 14.2 Å². The van der Waals surface area contributed by atoms with Gasteiger partial charge >= 0.3 is 7.60 Å². The number of benzene rings is 4. The summed E-state index contributed by atoms with van der Waals surface area (Å²) < 4.78 is 25.3. The molecule has 4 nitrogen and oxygen atoms in total. The first-order valence-corrected chi connectivity index (χ1v) is 10.5. The Morgan fingerprint density at radius 3 is 1.75 bits per heavy atom. The van der Waals surface area contributed by atoms with Crippen LogP contribution in [0.4, 0.5) is 0 Å². The van der Waals surface area contributed by atoms with Crippen LogP contribution in [0.25, 0.3) is 10.8 Å². The Morgan fingerprint density at radius 2 is 1.14 bits per heavy atom. The second-order valence-electron chi connectivity index (χ2n) is 6.29. The third kappa shape index (κ3) is 3.79. The Labute approximate surface area is 163 Å². The molecule has 0 aliphatic carbocycles. The molecule has 4 rings (SSSR count). The summed E-state index contributed by atoms with van der Waals surface area (Å²) >= 11 is 0. The molecule has 0 spiro atoms. The molecule has 0 aromatic heterocycles. The molecule has 140 valence electrons. The fourth-order valence-corrected chi connectivity index (χ4v) is 4.65. The smallest absolute Gasteiger partial charge is 0.414 e. The second-order valence-corrected chi connectivity index (χ2v) is 8.22. The molecule has 1 N–H and O–H groups in total. The lowest BCUT2D eigenvalue weighted by Gasteiger charge is -2.25. The number of aliphatic hydroxyl groups is 1. The number of rotatable bonds is 6. The van der Waals surface area contributed by atoms with Crippen LogP contribution in [0, 0.1) is 0 Å². The van der Waals surface area contributed by atoms with Crippen LogP contribution in [0.2, 0.25) is 0 Å². The molecular formula is C23H19O4P. The molecule has 0 fully saturated rings. The third-order valence-electron chi connectivity index (χ3n) is 4.35. The number of hydrogen-bond acceptors (Lipinski definition) is 4. The first-order valence-electron chi connectivity index (χ1n) is 8.90. The maximum Gasteiger partial charge on any atom is 0.463 e. The maximum absolute atomic E-state index is 13.8. The average molecular weight is 390 g/mol. The van der Waals surface area contributed by atoms with Gasteiger partial charge in [-0.3, -0.25) is 0 Å². The Kier molecular flexibility index (Phi) is 5.16. The van der Waals surface area contributed by atoms with Crippen molar-refractivity contribution in [3.05, 3.63) is 109 Å². The van der Waals surface area contributed by atoms with Crippen molar-refractivity contribution in [2.75, 3.05) is 0 Å². The van der Waals surface area contributed by atoms with E-state index < -0.39 is 13.4 Å². The molecular weight excluding hydrogens is 371 g/mol. The average Bonchev–Trinajstić information content (AvgIpc) is 2.74. The molecule has 0 bridgehead atoms. The van der Waals surface area contributed by atoms with Crippen LogP contribution in [0.15, 0.2) is 103 Å². The van der Waals surface area contributed by atoms with Crippen LogP contribution >= 0.6 is 7.60 Å². The zero-order valence-electron chi connectivity index (χ0n) is 15.0. The minimum Gasteiger partial charge on any atom is -0.414 e. The van der Waals surface area contributed by atoms with Gasteiger partial charge in [-0.25, -0.2) is 4.57 Å². The van der Waals surface area contributed by atoms with Crippen molar-refractivity contribution in [3.8, 4) is 11.5 Å². The van der Waals surface area contributed by atoms with E-state index in [-0.39, 0.29) is 0 Å². The highest BCUT2D eigenvalue weighted by atomic mass is 31.2.